The molecule has 1 aromatic rings. The van der Waals surface area contributed by atoms with Crippen LogP contribution in [-0.4, -0.2) is 14.5 Å². The van der Waals surface area contributed by atoms with Crippen LogP contribution in [0.1, 0.15) is 18.9 Å². The molecule has 0 aliphatic heterocycles. The van der Waals surface area contributed by atoms with E-state index in [1.54, 1.807) is 19.1 Å². The van der Waals surface area contributed by atoms with Crippen molar-refractivity contribution in [2.24, 2.45) is 0 Å². The molecule has 86 valence electrons. The van der Waals surface area contributed by atoms with Crippen LogP contribution in [0.4, 0.5) is 0 Å². The lowest BCUT2D eigenvalue weighted by molar-refractivity contribution is 0.234. The van der Waals surface area contributed by atoms with Crippen molar-refractivity contribution in [3.63, 3.8) is 0 Å². The molecule has 5 heteroatoms. The Kier molecular flexibility index (Phi) is 4.05. The number of rotatable bonds is 4. The average Bonchev–Trinajstić information content (AvgIpc) is 2.17. The van der Waals surface area contributed by atoms with Gasteiger partial charge in [0.1, 0.15) is 0 Å². The van der Waals surface area contributed by atoms with Gasteiger partial charge in [0.05, 0.1) is 23.5 Å². The lowest BCUT2D eigenvalue weighted by Crippen LogP contribution is -2.15. The molecule has 0 heterocycles. The summed E-state index contributed by atoms with van der Waals surface area (Å²) in [7, 11) is -3.75. The van der Waals surface area contributed by atoms with Crippen LogP contribution >= 0.6 is 0 Å². The van der Waals surface area contributed by atoms with Crippen molar-refractivity contribution < 1.29 is 12.6 Å². The van der Waals surface area contributed by atoms with E-state index in [9.17, 15) is 8.42 Å². The second-order valence-electron chi connectivity index (χ2n) is 3.54. The largest absolute Gasteiger partial charge is 0.297 e. The van der Waals surface area contributed by atoms with Crippen LogP contribution in [0.25, 0.3) is 0 Å². The van der Waals surface area contributed by atoms with Crippen molar-refractivity contribution >= 4 is 10.1 Å². The summed E-state index contributed by atoms with van der Waals surface area (Å²) < 4.78 is 28.2. The van der Waals surface area contributed by atoms with E-state index in [0.717, 1.165) is 5.56 Å². The molecule has 1 aromatic carbocycles. The average molecular weight is 240 g/mol. The normalized spacial score (nSPS) is 13.1. The van der Waals surface area contributed by atoms with Gasteiger partial charge in [-0.15, -0.1) is 0 Å². The first-order chi connectivity index (χ1) is 7.45. The summed E-state index contributed by atoms with van der Waals surface area (Å²) in [6.45, 7) is 3.42. The van der Waals surface area contributed by atoms with Crippen molar-refractivity contribution in [2.75, 3.05) is 0 Å². The SMILES string of the molecule is Cc1ccc(S(=O)(=O)OC([13CH3])CC#N)cc1. The van der Waals surface area contributed by atoms with Gasteiger partial charge in [0.15, 0.2) is 0 Å². The first kappa shape index (κ1) is 12.7. The van der Waals surface area contributed by atoms with E-state index < -0.39 is 16.2 Å². The highest BCUT2D eigenvalue weighted by molar-refractivity contribution is 7.86. The number of nitriles is 1. The van der Waals surface area contributed by atoms with Gasteiger partial charge in [-0.1, -0.05) is 17.7 Å². The molecule has 0 aliphatic carbocycles. The first-order valence-corrected chi connectivity index (χ1v) is 6.23. The van der Waals surface area contributed by atoms with E-state index >= 15 is 0 Å². The zero-order valence-corrected chi connectivity index (χ0v) is 9.99. The fraction of sp³-hybridized carbons (Fsp3) is 0.364. The van der Waals surface area contributed by atoms with Gasteiger partial charge < -0.3 is 0 Å². The molecule has 0 radical (unpaired) electrons. The van der Waals surface area contributed by atoms with Gasteiger partial charge in [0.25, 0.3) is 10.1 Å². The molecular formula is C11H13NO3S. The van der Waals surface area contributed by atoms with Crippen LogP contribution in [-0.2, 0) is 14.3 Å². The Morgan fingerprint density at radius 3 is 2.44 bits per heavy atom. The van der Waals surface area contributed by atoms with E-state index in [0.29, 0.717) is 0 Å². The second kappa shape index (κ2) is 5.10. The molecule has 16 heavy (non-hydrogen) atoms. The molecule has 0 amide bonds. The molecule has 1 unspecified atom stereocenters. The summed E-state index contributed by atoms with van der Waals surface area (Å²) >= 11 is 0. The number of aryl methyl sites for hydroxylation is 1. The van der Waals surface area contributed by atoms with E-state index in [1.165, 1.54) is 12.1 Å². The summed E-state index contributed by atoms with van der Waals surface area (Å²) in [6, 6.07) is 8.24. The maximum atomic E-state index is 11.7. The fourth-order valence-electron chi connectivity index (χ4n) is 1.14. The number of benzene rings is 1. The minimum atomic E-state index is -3.75. The Labute approximate surface area is 95.6 Å². The van der Waals surface area contributed by atoms with Crippen LogP contribution in [0.2, 0.25) is 0 Å². The van der Waals surface area contributed by atoms with Crippen LogP contribution < -0.4 is 0 Å². The number of hydrogen-bond donors (Lipinski definition) is 0. The Hall–Kier alpha value is -1.38. The summed E-state index contributed by atoms with van der Waals surface area (Å²) in [5.41, 5.74) is 0.976. The van der Waals surface area contributed by atoms with E-state index in [2.05, 4.69) is 0 Å². The highest BCUT2D eigenvalue weighted by Crippen LogP contribution is 2.15. The Bertz CT molecular complexity index is 485. The predicted octanol–water partition coefficient (Wildman–Crippen LogP) is 2.00. The summed E-state index contributed by atoms with van der Waals surface area (Å²) in [6.07, 6.45) is -0.582. The lowest BCUT2D eigenvalue weighted by Gasteiger charge is -2.09. The minimum absolute atomic E-state index is 0.0467. The highest BCUT2D eigenvalue weighted by Gasteiger charge is 2.18. The Morgan fingerprint density at radius 1 is 1.38 bits per heavy atom. The smallest absolute Gasteiger partial charge is 0.262 e. The van der Waals surface area contributed by atoms with Crippen molar-refractivity contribution in [3.05, 3.63) is 29.8 Å². The van der Waals surface area contributed by atoms with Crippen molar-refractivity contribution in [2.45, 2.75) is 31.3 Å². The summed E-state index contributed by atoms with van der Waals surface area (Å²) in [5.74, 6) is 0. The van der Waals surface area contributed by atoms with Crippen LogP contribution in [0, 0.1) is 18.3 Å². The first-order valence-electron chi connectivity index (χ1n) is 4.82. The van der Waals surface area contributed by atoms with Gasteiger partial charge in [-0.2, -0.15) is 13.7 Å². The standard InChI is InChI=1S/C11H13NO3S/c1-9-3-5-11(6-4-9)16(13,14)15-10(2)7-8-12/h3-6,10H,7H2,1-2H3/i2+1. The third-order valence-electron chi connectivity index (χ3n) is 1.98. The zero-order valence-electron chi connectivity index (χ0n) is 9.17. The number of hydrogen-bond acceptors (Lipinski definition) is 4. The molecule has 0 bridgehead atoms. The molecule has 1 rings (SSSR count). The quantitative estimate of drug-likeness (QED) is 0.596. The topological polar surface area (TPSA) is 67.2 Å². The maximum absolute atomic E-state index is 11.7. The van der Waals surface area contributed by atoms with Crippen LogP contribution in [0.5, 0.6) is 0 Å². The molecule has 0 N–H and O–H groups in total. The third-order valence-corrected chi connectivity index (χ3v) is 3.41. The maximum Gasteiger partial charge on any atom is 0.297 e. The Morgan fingerprint density at radius 2 is 1.94 bits per heavy atom. The van der Waals surface area contributed by atoms with Crippen molar-refractivity contribution in [1.82, 2.24) is 0 Å². The minimum Gasteiger partial charge on any atom is -0.262 e. The van der Waals surface area contributed by atoms with Gasteiger partial charge in [-0.05, 0) is 26.0 Å². The predicted molar refractivity (Wildman–Crippen MR) is 59.1 cm³/mol. The van der Waals surface area contributed by atoms with Crippen LogP contribution in [0.15, 0.2) is 29.2 Å². The zero-order chi connectivity index (χ0) is 12.2. The van der Waals surface area contributed by atoms with E-state index in [-0.39, 0.29) is 11.3 Å². The highest BCUT2D eigenvalue weighted by atomic mass is 32.2. The van der Waals surface area contributed by atoms with Gasteiger partial charge in [-0.3, -0.25) is 4.18 Å². The molecule has 0 fully saturated rings. The fourth-order valence-corrected chi connectivity index (χ4v) is 2.22. The molecule has 0 aromatic heterocycles. The Balaban J connectivity index is 2.87. The summed E-state index contributed by atoms with van der Waals surface area (Å²) in [5, 5.41) is 8.42. The molecule has 0 saturated carbocycles. The lowest BCUT2D eigenvalue weighted by atomic mass is 10.2. The molecular weight excluding hydrogens is 227 g/mol. The summed E-state index contributed by atoms with van der Waals surface area (Å²) in [4.78, 5) is 0.114. The van der Waals surface area contributed by atoms with Crippen LogP contribution in [0.3, 0.4) is 0 Å². The van der Waals surface area contributed by atoms with E-state index in [4.69, 9.17) is 9.44 Å². The van der Waals surface area contributed by atoms with Crippen molar-refractivity contribution in [1.29, 1.82) is 5.26 Å². The van der Waals surface area contributed by atoms with Gasteiger partial charge in [0.2, 0.25) is 0 Å². The third kappa shape index (κ3) is 3.33. The molecule has 0 spiro atoms. The number of nitrogens with zero attached hydrogens (tertiary/aromatic N) is 1. The van der Waals surface area contributed by atoms with Gasteiger partial charge in [0, 0.05) is 0 Å². The monoisotopic (exact) mass is 240 g/mol. The van der Waals surface area contributed by atoms with Gasteiger partial charge in [-0.25, -0.2) is 0 Å². The van der Waals surface area contributed by atoms with Crippen molar-refractivity contribution in [3.8, 4) is 6.07 Å². The molecule has 0 saturated heterocycles. The van der Waals surface area contributed by atoms with E-state index in [1.807, 2.05) is 13.0 Å². The molecule has 4 nitrogen and oxygen atoms in total. The molecule has 1 atom stereocenters. The molecule has 0 aliphatic rings. The van der Waals surface area contributed by atoms with Gasteiger partial charge >= 0.3 is 0 Å². The second-order valence-corrected chi connectivity index (χ2v) is 5.11.